The molecule has 0 spiro atoms. The van der Waals surface area contributed by atoms with Crippen LogP contribution in [0.15, 0.2) is 16.9 Å². The highest BCUT2D eigenvalue weighted by atomic mass is 16.1. The van der Waals surface area contributed by atoms with E-state index in [1.165, 1.54) is 0 Å². The molecular weight excluding hydrogens is 224 g/mol. The maximum atomic E-state index is 12.3. The summed E-state index contributed by atoms with van der Waals surface area (Å²) in [5, 5.41) is 3.38. The number of hydrogen-bond acceptors (Lipinski definition) is 2. The first kappa shape index (κ1) is 15.0. The third kappa shape index (κ3) is 3.98. The van der Waals surface area contributed by atoms with Gasteiger partial charge in [-0.2, -0.15) is 0 Å². The zero-order valence-corrected chi connectivity index (χ0v) is 12.3. The summed E-state index contributed by atoms with van der Waals surface area (Å²) in [6.07, 6.45) is 1.08. The molecule has 0 bridgehead atoms. The molecule has 0 aromatic carbocycles. The van der Waals surface area contributed by atoms with E-state index in [9.17, 15) is 4.79 Å². The van der Waals surface area contributed by atoms with Crippen LogP contribution in [-0.4, -0.2) is 10.6 Å². The first-order valence-corrected chi connectivity index (χ1v) is 6.88. The first-order valence-electron chi connectivity index (χ1n) is 6.88. The summed E-state index contributed by atoms with van der Waals surface area (Å²) in [7, 11) is 0. The number of aromatic nitrogens is 1. The van der Waals surface area contributed by atoms with Crippen molar-refractivity contribution in [3.8, 4) is 0 Å². The highest BCUT2D eigenvalue weighted by Crippen LogP contribution is 2.03. The van der Waals surface area contributed by atoms with Crippen LogP contribution in [0.2, 0.25) is 0 Å². The van der Waals surface area contributed by atoms with Gasteiger partial charge in [0.1, 0.15) is 0 Å². The summed E-state index contributed by atoms with van der Waals surface area (Å²) in [4.78, 5) is 12.3. The second-order valence-electron chi connectivity index (χ2n) is 5.50. The van der Waals surface area contributed by atoms with E-state index < -0.39 is 0 Å². The van der Waals surface area contributed by atoms with Crippen LogP contribution in [-0.2, 0) is 13.1 Å². The molecule has 0 saturated heterocycles. The maximum absolute atomic E-state index is 12.3. The van der Waals surface area contributed by atoms with Gasteiger partial charge in [0.2, 0.25) is 0 Å². The minimum Gasteiger partial charge on any atom is -0.312 e. The normalized spacial score (nSPS) is 13.0. The average molecular weight is 250 g/mol. The van der Waals surface area contributed by atoms with Crippen LogP contribution in [0.1, 0.15) is 45.4 Å². The van der Waals surface area contributed by atoms with Gasteiger partial charge in [-0.1, -0.05) is 26.8 Å². The van der Waals surface area contributed by atoms with E-state index in [2.05, 4.69) is 33.0 Å². The van der Waals surface area contributed by atoms with Gasteiger partial charge in [-0.15, -0.1) is 0 Å². The van der Waals surface area contributed by atoms with Gasteiger partial charge in [-0.3, -0.25) is 4.79 Å². The number of rotatable bonds is 6. The van der Waals surface area contributed by atoms with Crippen LogP contribution in [0.4, 0.5) is 0 Å². The van der Waals surface area contributed by atoms with Crippen molar-refractivity contribution in [2.45, 2.75) is 60.2 Å². The molecule has 3 heteroatoms. The molecule has 0 saturated carbocycles. The largest absolute Gasteiger partial charge is 0.312 e. The monoisotopic (exact) mass is 250 g/mol. The summed E-state index contributed by atoms with van der Waals surface area (Å²) >= 11 is 0. The van der Waals surface area contributed by atoms with Gasteiger partial charge in [0.15, 0.2) is 0 Å². The van der Waals surface area contributed by atoms with Crippen molar-refractivity contribution in [2.75, 3.05) is 0 Å². The van der Waals surface area contributed by atoms with E-state index in [0.29, 0.717) is 18.5 Å². The van der Waals surface area contributed by atoms with E-state index in [0.717, 1.165) is 24.2 Å². The molecule has 0 aliphatic rings. The molecule has 3 nitrogen and oxygen atoms in total. The fourth-order valence-electron chi connectivity index (χ4n) is 1.87. The van der Waals surface area contributed by atoms with E-state index in [1.54, 1.807) is 0 Å². The van der Waals surface area contributed by atoms with Gasteiger partial charge >= 0.3 is 0 Å². The average Bonchev–Trinajstić information content (AvgIpc) is 2.32. The van der Waals surface area contributed by atoms with Crippen molar-refractivity contribution in [3.63, 3.8) is 0 Å². The molecule has 1 aromatic rings. The lowest BCUT2D eigenvalue weighted by Crippen LogP contribution is -2.32. The molecule has 1 N–H and O–H groups in total. The van der Waals surface area contributed by atoms with E-state index >= 15 is 0 Å². The fraction of sp³-hybridized carbons (Fsp3) is 0.667. The molecule has 0 fully saturated rings. The molecule has 0 aliphatic carbocycles. The third-order valence-electron chi connectivity index (χ3n) is 3.27. The summed E-state index contributed by atoms with van der Waals surface area (Å²) < 4.78 is 1.89. The van der Waals surface area contributed by atoms with Gasteiger partial charge in [0, 0.05) is 30.4 Å². The number of hydrogen-bond donors (Lipinski definition) is 1. The van der Waals surface area contributed by atoms with Gasteiger partial charge in [0.05, 0.1) is 0 Å². The Morgan fingerprint density at radius 1 is 1.28 bits per heavy atom. The summed E-state index contributed by atoms with van der Waals surface area (Å²) in [5.74, 6) is 0.485. The van der Waals surface area contributed by atoms with Crippen molar-refractivity contribution in [1.29, 1.82) is 0 Å². The number of pyridine rings is 1. The van der Waals surface area contributed by atoms with Crippen molar-refractivity contribution < 1.29 is 0 Å². The van der Waals surface area contributed by atoms with Crippen molar-refractivity contribution in [1.82, 2.24) is 9.88 Å². The minimum absolute atomic E-state index is 0.152. The Bertz CT molecular complexity index is 435. The summed E-state index contributed by atoms with van der Waals surface area (Å²) in [6, 6.07) is 4.44. The third-order valence-corrected chi connectivity index (χ3v) is 3.27. The Hall–Kier alpha value is -1.09. The predicted molar refractivity (Wildman–Crippen MR) is 76.9 cm³/mol. The van der Waals surface area contributed by atoms with Crippen molar-refractivity contribution in [2.24, 2.45) is 5.92 Å². The van der Waals surface area contributed by atoms with Gasteiger partial charge < -0.3 is 9.88 Å². The van der Waals surface area contributed by atoms with E-state index in [-0.39, 0.29) is 5.56 Å². The SMILES string of the molecule is CCC(C)NCc1ccc(C)n(CC(C)C)c1=O. The second kappa shape index (κ2) is 6.74. The molecule has 18 heavy (non-hydrogen) atoms. The lowest BCUT2D eigenvalue weighted by molar-refractivity contribution is 0.491. The molecule has 1 atom stereocenters. The lowest BCUT2D eigenvalue weighted by atomic mass is 10.1. The van der Waals surface area contributed by atoms with Gasteiger partial charge in [-0.05, 0) is 32.3 Å². The van der Waals surface area contributed by atoms with Crippen LogP contribution in [0.5, 0.6) is 0 Å². The maximum Gasteiger partial charge on any atom is 0.255 e. The van der Waals surface area contributed by atoms with Gasteiger partial charge in [-0.25, -0.2) is 0 Å². The van der Waals surface area contributed by atoms with Gasteiger partial charge in [0.25, 0.3) is 5.56 Å². The summed E-state index contributed by atoms with van der Waals surface area (Å²) in [5.41, 5.74) is 2.06. The van der Waals surface area contributed by atoms with Crippen LogP contribution in [0, 0.1) is 12.8 Å². The highest BCUT2D eigenvalue weighted by molar-refractivity contribution is 5.15. The van der Waals surface area contributed by atoms with Crippen molar-refractivity contribution in [3.05, 3.63) is 33.7 Å². The molecular formula is C15H26N2O. The van der Waals surface area contributed by atoms with Crippen LogP contribution < -0.4 is 10.9 Å². The Balaban J connectivity index is 2.91. The Morgan fingerprint density at radius 3 is 2.50 bits per heavy atom. The van der Waals surface area contributed by atoms with Crippen LogP contribution >= 0.6 is 0 Å². The number of aryl methyl sites for hydroxylation is 1. The second-order valence-corrected chi connectivity index (χ2v) is 5.50. The molecule has 0 aliphatic heterocycles. The lowest BCUT2D eigenvalue weighted by Gasteiger charge is -2.15. The Morgan fingerprint density at radius 2 is 1.94 bits per heavy atom. The molecule has 0 radical (unpaired) electrons. The van der Waals surface area contributed by atoms with Crippen LogP contribution in [0.25, 0.3) is 0 Å². The zero-order valence-electron chi connectivity index (χ0n) is 12.3. The minimum atomic E-state index is 0.152. The Labute approximate surface area is 110 Å². The smallest absolute Gasteiger partial charge is 0.255 e. The first-order chi connectivity index (χ1) is 8.45. The molecule has 1 aromatic heterocycles. The number of nitrogens with zero attached hydrogens (tertiary/aromatic N) is 1. The quantitative estimate of drug-likeness (QED) is 0.842. The zero-order chi connectivity index (χ0) is 13.7. The van der Waals surface area contributed by atoms with Crippen molar-refractivity contribution >= 4 is 0 Å². The predicted octanol–water partition coefficient (Wildman–Crippen LogP) is 2.70. The van der Waals surface area contributed by atoms with E-state index in [1.807, 2.05) is 23.6 Å². The number of nitrogens with one attached hydrogen (secondary N) is 1. The topological polar surface area (TPSA) is 34.0 Å². The molecule has 1 rings (SSSR count). The molecule has 102 valence electrons. The summed E-state index contributed by atoms with van der Waals surface area (Å²) in [6.45, 7) is 12.0. The molecule has 1 heterocycles. The highest BCUT2D eigenvalue weighted by Gasteiger charge is 2.08. The Kier molecular flexibility index (Phi) is 5.60. The van der Waals surface area contributed by atoms with E-state index in [4.69, 9.17) is 0 Å². The van der Waals surface area contributed by atoms with Crippen LogP contribution in [0.3, 0.4) is 0 Å². The standard InChI is InChI=1S/C15H26N2O/c1-6-12(4)16-9-14-8-7-13(5)17(15(14)18)10-11(2)3/h7-8,11-12,16H,6,9-10H2,1-5H3. The molecule has 1 unspecified atom stereocenters. The fourth-order valence-corrected chi connectivity index (χ4v) is 1.87. The molecule has 0 amide bonds.